The van der Waals surface area contributed by atoms with Crippen LogP contribution in [0.4, 0.5) is 5.95 Å². The summed E-state index contributed by atoms with van der Waals surface area (Å²) in [5.74, 6) is 0.257. The second kappa shape index (κ2) is 7.42. The number of aromatic nitrogens is 4. The molecule has 1 N–H and O–H groups in total. The lowest BCUT2D eigenvalue weighted by Crippen LogP contribution is -2.47. The summed E-state index contributed by atoms with van der Waals surface area (Å²) in [6.45, 7) is 4.13. The second-order valence-electron chi connectivity index (χ2n) is 7.00. The fourth-order valence-corrected chi connectivity index (χ4v) is 3.21. The van der Waals surface area contributed by atoms with Gasteiger partial charge in [-0.15, -0.1) is 0 Å². The number of piperazine rings is 1. The molecular formula is C19H23N7O. The van der Waals surface area contributed by atoms with Crippen molar-refractivity contribution in [3.05, 3.63) is 36.8 Å². The van der Waals surface area contributed by atoms with E-state index in [1.807, 2.05) is 37.6 Å². The van der Waals surface area contributed by atoms with Gasteiger partial charge in [0.25, 0.3) is 0 Å². The normalized spacial score (nSPS) is 15.9. The third-order valence-corrected chi connectivity index (χ3v) is 4.84. The summed E-state index contributed by atoms with van der Waals surface area (Å²) >= 11 is 0. The summed E-state index contributed by atoms with van der Waals surface area (Å²) in [6, 6.07) is 5.99. The number of anilines is 1. The predicted molar refractivity (Wildman–Crippen MR) is 104 cm³/mol. The zero-order chi connectivity index (χ0) is 18.8. The summed E-state index contributed by atoms with van der Waals surface area (Å²) in [7, 11) is 3.99. The van der Waals surface area contributed by atoms with Gasteiger partial charge >= 0.3 is 0 Å². The molecule has 2 aromatic heterocycles. The summed E-state index contributed by atoms with van der Waals surface area (Å²) in [5.41, 5.74) is 2.85. The van der Waals surface area contributed by atoms with Gasteiger partial charge in [-0.2, -0.15) is 5.10 Å². The number of aryl methyl sites for hydroxylation is 1. The molecule has 0 bridgehead atoms. The summed E-state index contributed by atoms with van der Waals surface area (Å²) in [5, 5.41) is 7.96. The number of fused-ring (bicyclic) bond motifs is 1. The molecule has 8 nitrogen and oxygen atoms in total. The molecule has 0 aliphatic carbocycles. The molecule has 1 amide bonds. The lowest BCUT2D eigenvalue weighted by atomic mass is 10.1. The zero-order valence-corrected chi connectivity index (χ0v) is 15.6. The van der Waals surface area contributed by atoms with Crippen LogP contribution in [0.3, 0.4) is 0 Å². The molecule has 3 aromatic rings. The molecule has 4 rings (SSSR count). The Hall–Kier alpha value is -2.84. The van der Waals surface area contributed by atoms with E-state index in [-0.39, 0.29) is 5.91 Å². The lowest BCUT2D eigenvalue weighted by Gasteiger charge is -2.31. The van der Waals surface area contributed by atoms with Crippen LogP contribution in [0.25, 0.3) is 22.0 Å². The van der Waals surface area contributed by atoms with Gasteiger partial charge in [-0.25, -0.2) is 9.97 Å². The fourth-order valence-electron chi connectivity index (χ4n) is 3.21. The zero-order valence-electron chi connectivity index (χ0n) is 15.6. The molecular weight excluding hydrogens is 342 g/mol. The molecule has 1 aliphatic heterocycles. The summed E-state index contributed by atoms with van der Waals surface area (Å²) < 4.78 is 1.77. The van der Waals surface area contributed by atoms with Crippen molar-refractivity contribution in [2.45, 2.75) is 0 Å². The fraction of sp³-hybridized carbons (Fsp3) is 0.368. The summed E-state index contributed by atoms with van der Waals surface area (Å²) in [4.78, 5) is 25.5. The Kier molecular flexibility index (Phi) is 4.83. The number of amides is 1. The molecule has 0 spiro atoms. The standard InChI is InChI=1S/C19H23N7O/c1-24-5-7-26(8-6-24)13-18(27)23-19-20-10-15-4-3-14(9-17(15)22-19)16-11-21-25(2)12-16/h3-4,9-12H,5-8,13H2,1-2H3,(H,20,22,23,27). The van der Waals surface area contributed by atoms with Gasteiger partial charge < -0.3 is 4.90 Å². The number of carbonyl (C=O) groups is 1. The van der Waals surface area contributed by atoms with Crippen molar-refractivity contribution >= 4 is 22.8 Å². The highest BCUT2D eigenvalue weighted by atomic mass is 16.2. The minimum Gasteiger partial charge on any atom is -0.304 e. The van der Waals surface area contributed by atoms with Gasteiger partial charge in [0.2, 0.25) is 11.9 Å². The SMILES string of the molecule is CN1CCN(CC(=O)Nc2ncc3ccc(-c4cnn(C)c4)cc3n2)CC1. The minimum absolute atomic E-state index is 0.0812. The smallest absolute Gasteiger partial charge is 0.240 e. The minimum atomic E-state index is -0.0812. The van der Waals surface area contributed by atoms with Gasteiger partial charge in [-0.1, -0.05) is 12.1 Å². The topological polar surface area (TPSA) is 79.2 Å². The monoisotopic (exact) mass is 365 g/mol. The molecule has 1 aromatic carbocycles. The van der Waals surface area contributed by atoms with Crippen LogP contribution in [0.15, 0.2) is 36.8 Å². The van der Waals surface area contributed by atoms with Crippen molar-refractivity contribution in [2.75, 3.05) is 45.1 Å². The molecule has 27 heavy (non-hydrogen) atoms. The van der Waals surface area contributed by atoms with Crippen molar-refractivity contribution in [1.29, 1.82) is 0 Å². The highest BCUT2D eigenvalue weighted by Gasteiger charge is 2.17. The molecule has 1 aliphatic rings. The first-order valence-corrected chi connectivity index (χ1v) is 9.03. The van der Waals surface area contributed by atoms with Crippen LogP contribution < -0.4 is 5.32 Å². The van der Waals surface area contributed by atoms with Gasteiger partial charge in [0.15, 0.2) is 0 Å². The van der Waals surface area contributed by atoms with Crippen molar-refractivity contribution in [1.82, 2.24) is 29.5 Å². The van der Waals surface area contributed by atoms with E-state index in [0.717, 1.165) is 48.2 Å². The first-order chi connectivity index (χ1) is 13.1. The Morgan fingerprint density at radius 2 is 1.93 bits per heavy atom. The molecule has 140 valence electrons. The predicted octanol–water partition coefficient (Wildman–Crippen LogP) is 1.22. The Morgan fingerprint density at radius 1 is 1.11 bits per heavy atom. The number of hydrogen-bond acceptors (Lipinski definition) is 6. The van der Waals surface area contributed by atoms with E-state index in [4.69, 9.17) is 0 Å². The van der Waals surface area contributed by atoms with E-state index in [1.165, 1.54) is 0 Å². The van der Waals surface area contributed by atoms with E-state index < -0.39 is 0 Å². The maximum Gasteiger partial charge on any atom is 0.240 e. The van der Waals surface area contributed by atoms with Gasteiger partial charge in [-0.05, 0) is 18.7 Å². The highest BCUT2D eigenvalue weighted by molar-refractivity contribution is 5.92. The highest BCUT2D eigenvalue weighted by Crippen LogP contribution is 2.23. The molecule has 0 atom stereocenters. The van der Waals surface area contributed by atoms with E-state index in [2.05, 4.69) is 37.2 Å². The van der Waals surface area contributed by atoms with Crippen LogP contribution in [0.5, 0.6) is 0 Å². The molecule has 1 fully saturated rings. The number of rotatable bonds is 4. The van der Waals surface area contributed by atoms with E-state index in [9.17, 15) is 4.79 Å². The molecule has 3 heterocycles. The van der Waals surface area contributed by atoms with Crippen LogP contribution in [0.2, 0.25) is 0 Å². The van der Waals surface area contributed by atoms with Crippen LogP contribution in [-0.2, 0) is 11.8 Å². The lowest BCUT2D eigenvalue weighted by molar-refractivity contribution is -0.117. The van der Waals surface area contributed by atoms with Crippen molar-refractivity contribution in [3.8, 4) is 11.1 Å². The Balaban J connectivity index is 1.48. The molecule has 0 saturated carbocycles. The maximum atomic E-state index is 12.3. The number of carbonyl (C=O) groups excluding carboxylic acids is 1. The van der Waals surface area contributed by atoms with Crippen LogP contribution in [-0.4, -0.2) is 75.2 Å². The largest absolute Gasteiger partial charge is 0.304 e. The third-order valence-electron chi connectivity index (χ3n) is 4.84. The molecule has 1 saturated heterocycles. The van der Waals surface area contributed by atoms with Gasteiger partial charge in [0.1, 0.15) is 0 Å². The average molecular weight is 365 g/mol. The van der Waals surface area contributed by atoms with E-state index in [0.29, 0.717) is 12.5 Å². The number of hydrogen-bond donors (Lipinski definition) is 1. The van der Waals surface area contributed by atoms with Gasteiger partial charge in [0.05, 0.1) is 18.3 Å². The summed E-state index contributed by atoms with van der Waals surface area (Å²) in [6.07, 6.45) is 5.52. The van der Waals surface area contributed by atoms with Crippen LogP contribution in [0, 0.1) is 0 Å². The number of nitrogens with one attached hydrogen (secondary N) is 1. The number of nitrogens with zero attached hydrogens (tertiary/aromatic N) is 6. The molecule has 8 heteroatoms. The van der Waals surface area contributed by atoms with Gasteiger partial charge in [-0.3, -0.25) is 19.7 Å². The van der Waals surface area contributed by atoms with Gasteiger partial charge in [0, 0.05) is 56.6 Å². The number of likely N-dealkylation sites (N-methyl/N-ethyl adjacent to an activating group) is 1. The van der Waals surface area contributed by atoms with E-state index in [1.54, 1.807) is 10.9 Å². The Bertz CT molecular complexity index is 960. The Morgan fingerprint density at radius 3 is 2.67 bits per heavy atom. The second-order valence-corrected chi connectivity index (χ2v) is 7.00. The van der Waals surface area contributed by atoms with Crippen LogP contribution in [0.1, 0.15) is 0 Å². The third kappa shape index (κ3) is 4.12. The first-order valence-electron chi connectivity index (χ1n) is 9.03. The van der Waals surface area contributed by atoms with E-state index >= 15 is 0 Å². The quantitative estimate of drug-likeness (QED) is 0.749. The average Bonchev–Trinajstić information content (AvgIpc) is 3.09. The molecule has 0 unspecified atom stereocenters. The maximum absolute atomic E-state index is 12.3. The number of benzene rings is 1. The Labute approximate surface area is 157 Å². The van der Waals surface area contributed by atoms with Crippen LogP contribution >= 0.6 is 0 Å². The molecule has 0 radical (unpaired) electrons. The first kappa shape index (κ1) is 17.6. The van der Waals surface area contributed by atoms with Crippen molar-refractivity contribution < 1.29 is 4.79 Å². The van der Waals surface area contributed by atoms with Crippen molar-refractivity contribution in [3.63, 3.8) is 0 Å². The van der Waals surface area contributed by atoms with Crippen molar-refractivity contribution in [2.24, 2.45) is 7.05 Å².